The summed E-state index contributed by atoms with van der Waals surface area (Å²) >= 11 is 0. The molecule has 0 saturated carbocycles. The molecule has 0 radical (unpaired) electrons. The third-order valence-corrected chi connectivity index (χ3v) is 7.81. The second-order valence-corrected chi connectivity index (χ2v) is 11.1. The first-order valence-electron chi connectivity index (χ1n) is 11.8. The van der Waals surface area contributed by atoms with Crippen LogP contribution in [0.2, 0.25) is 0 Å². The number of rotatable bonds is 21. The Balaban J connectivity index is 3.14. The van der Waals surface area contributed by atoms with Gasteiger partial charge in [-0.3, -0.25) is 0 Å². The molecule has 26 heavy (non-hydrogen) atoms. The highest BCUT2D eigenvalue weighted by Crippen LogP contribution is 2.39. The number of hydrogen-bond donors (Lipinski definition) is 0. The van der Waals surface area contributed by atoms with Crippen LogP contribution in [0.25, 0.3) is 0 Å². The van der Waals surface area contributed by atoms with Crippen molar-refractivity contribution in [2.45, 2.75) is 129 Å². The van der Waals surface area contributed by atoms with Gasteiger partial charge in [0.2, 0.25) is 0 Å². The van der Waals surface area contributed by atoms with Crippen molar-refractivity contribution < 1.29 is 0 Å². The summed E-state index contributed by atoms with van der Waals surface area (Å²) in [4.78, 5) is 0. The largest absolute Gasteiger partial charge is 0.0808 e. The maximum absolute atomic E-state index is 2.49. The Hall–Kier alpha value is 0.340. The molecular formula is C24H49P2+. The van der Waals surface area contributed by atoms with Crippen LogP contribution in [-0.4, -0.2) is 0 Å². The van der Waals surface area contributed by atoms with Gasteiger partial charge in [0.25, 0.3) is 0 Å². The molecule has 2 unspecified atom stereocenters. The molecule has 0 aliphatic heterocycles. The lowest BCUT2D eigenvalue weighted by atomic mass is 10.1. The summed E-state index contributed by atoms with van der Waals surface area (Å²) in [5.74, 6) is 4.94. The van der Waals surface area contributed by atoms with Crippen LogP contribution in [0.1, 0.15) is 129 Å². The summed E-state index contributed by atoms with van der Waals surface area (Å²) in [6.07, 6.45) is 30.4. The fraction of sp³-hybridized carbons (Fsp3) is 0.833. The zero-order chi connectivity index (χ0) is 19.0. The van der Waals surface area contributed by atoms with E-state index in [9.17, 15) is 0 Å². The summed E-state index contributed by atoms with van der Waals surface area (Å²) in [7, 11) is 1.61. The lowest BCUT2D eigenvalue weighted by Gasteiger charge is -1.99. The van der Waals surface area contributed by atoms with Crippen molar-refractivity contribution in [3.05, 3.63) is 23.8 Å². The standard InChI is InChI=1S/C24H48P2/c1-3-5-7-9-11-13-15-17-19-21-23-25-26-24-22-20-18-16-14-12-10-8-6-4-2/h21-26H,3-20H2,1-2H3/p+1/b23-21+,24-22+. The Morgan fingerprint density at radius 1 is 0.538 bits per heavy atom. The number of allylic oxidation sites excluding steroid dienone is 2. The fourth-order valence-electron chi connectivity index (χ4n) is 3.22. The zero-order valence-electron chi connectivity index (χ0n) is 18.1. The quantitative estimate of drug-likeness (QED) is 0.133. The Labute approximate surface area is 169 Å². The molecule has 0 aromatic carbocycles. The molecule has 0 N–H and O–H groups in total. The second-order valence-electron chi connectivity index (χ2n) is 7.69. The molecule has 0 saturated heterocycles. The van der Waals surface area contributed by atoms with Gasteiger partial charge < -0.3 is 0 Å². The first-order chi connectivity index (χ1) is 12.9. The average Bonchev–Trinajstić information content (AvgIpc) is 2.66. The summed E-state index contributed by atoms with van der Waals surface area (Å²) in [5, 5.41) is 0. The van der Waals surface area contributed by atoms with E-state index in [1.54, 1.807) is 0 Å². The van der Waals surface area contributed by atoms with Gasteiger partial charge in [-0.1, -0.05) is 110 Å². The zero-order valence-corrected chi connectivity index (χ0v) is 20.3. The Bertz CT molecular complexity index is 267. The molecule has 0 rings (SSSR count). The second kappa shape index (κ2) is 25.3. The monoisotopic (exact) mass is 399 g/mol. The highest BCUT2D eigenvalue weighted by atomic mass is 32.0. The molecule has 0 heterocycles. The van der Waals surface area contributed by atoms with Crippen molar-refractivity contribution in [1.82, 2.24) is 0 Å². The van der Waals surface area contributed by atoms with E-state index >= 15 is 0 Å². The van der Waals surface area contributed by atoms with Gasteiger partial charge in [-0.05, 0) is 37.6 Å². The van der Waals surface area contributed by atoms with Crippen LogP contribution in [0.5, 0.6) is 0 Å². The van der Waals surface area contributed by atoms with E-state index in [1.807, 2.05) is 0 Å². The van der Waals surface area contributed by atoms with Gasteiger partial charge in [0, 0.05) is 8.27 Å². The minimum absolute atomic E-state index is 0.539. The summed E-state index contributed by atoms with van der Waals surface area (Å²) in [6.45, 7) is 4.59. The lowest BCUT2D eigenvalue weighted by molar-refractivity contribution is 0.577. The van der Waals surface area contributed by atoms with Crippen LogP contribution in [-0.2, 0) is 0 Å². The van der Waals surface area contributed by atoms with Crippen molar-refractivity contribution in [3.8, 4) is 0 Å². The van der Waals surface area contributed by atoms with E-state index in [1.165, 1.54) is 116 Å². The van der Waals surface area contributed by atoms with Gasteiger partial charge >= 0.3 is 0 Å². The van der Waals surface area contributed by atoms with Crippen molar-refractivity contribution in [1.29, 1.82) is 0 Å². The van der Waals surface area contributed by atoms with E-state index in [0.717, 1.165) is 8.27 Å². The number of unbranched alkanes of at least 4 members (excludes halogenated alkanes) is 16. The highest BCUT2D eigenvalue weighted by Gasteiger charge is 1.92. The number of hydrogen-bond acceptors (Lipinski definition) is 0. The summed E-state index contributed by atoms with van der Waals surface area (Å²) < 4.78 is 0. The smallest absolute Gasteiger partial charge is 0.0648 e. The van der Waals surface area contributed by atoms with E-state index in [0.29, 0.717) is 8.27 Å². The highest BCUT2D eigenvalue weighted by molar-refractivity contribution is 8.14. The molecular weight excluding hydrogens is 350 g/mol. The van der Waals surface area contributed by atoms with Crippen molar-refractivity contribution in [2.75, 3.05) is 0 Å². The van der Waals surface area contributed by atoms with Gasteiger partial charge in [0.15, 0.2) is 0 Å². The van der Waals surface area contributed by atoms with Gasteiger partial charge in [0.1, 0.15) is 0 Å². The molecule has 0 aromatic heterocycles. The maximum Gasteiger partial charge on any atom is 0.0648 e. The van der Waals surface area contributed by atoms with Crippen LogP contribution >= 0.6 is 16.5 Å². The van der Waals surface area contributed by atoms with Crippen molar-refractivity contribution in [2.24, 2.45) is 0 Å². The average molecular weight is 400 g/mol. The molecule has 2 atom stereocenters. The van der Waals surface area contributed by atoms with Gasteiger partial charge in [-0.25, -0.2) is 0 Å². The molecule has 0 amide bonds. The topological polar surface area (TPSA) is 0 Å². The first-order valence-corrected chi connectivity index (χ1v) is 15.4. The maximum atomic E-state index is 2.49. The van der Waals surface area contributed by atoms with E-state index in [2.05, 4.69) is 37.6 Å². The summed E-state index contributed by atoms with van der Waals surface area (Å²) in [6, 6.07) is 0. The Kier molecular flexibility index (Phi) is 25.7. The van der Waals surface area contributed by atoms with Gasteiger partial charge in [-0.15, -0.1) is 0 Å². The normalized spacial score (nSPS) is 12.8. The van der Waals surface area contributed by atoms with Crippen LogP contribution in [0, 0.1) is 0 Å². The van der Waals surface area contributed by atoms with E-state index in [4.69, 9.17) is 0 Å². The van der Waals surface area contributed by atoms with Crippen LogP contribution in [0.3, 0.4) is 0 Å². The van der Waals surface area contributed by atoms with E-state index in [-0.39, 0.29) is 0 Å². The van der Waals surface area contributed by atoms with Crippen LogP contribution in [0.15, 0.2) is 23.8 Å². The fourth-order valence-corrected chi connectivity index (χ4v) is 5.56. The lowest BCUT2D eigenvalue weighted by Crippen LogP contribution is -1.79. The van der Waals surface area contributed by atoms with E-state index < -0.39 is 0 Å². The van der Waals surface area contributed by atoms with Gasteiger partial charge in [0.05, 0.1) is 14.1 Å². The minimum Gasteiger partial charge on any atom is -0.0808 e. The molecule has 0 fully saturated rings. The van der Waals surface area contributed by atoms with Crippen LogP contribution < -0.4 is 0 Å². The molecule has 0 spiro atoms. The summed E-state index contributed by atoms with van der Waals surface area (Å²) in [5.41, 5.74) is 0. The predicted octanol–water partition coefficient (Wildman–Crippen LogP) is 10.1. The van der Waals surface area contributed by atoms with Crippen molar-refractivity contribution >= 4 is 16.5 Å². The molecule has 0 aromatic rings. The first kappa shape index (κ1) is 26.3. The molecule has 2 heteroatoms. The Morgan fingerprint density at radius 2 is 0.962 bits per heavy atom. The minimum atomic E-state index is 0.539. The SMILES string of the molecule is CCCCCCCCCC/C=C/P[PH2+]/C=C/CCCCCCCCCC. The van der Waals surface area contributed by atoms with Gasteiger partial charge in [-0.2, -0.15) is 0 Å². The van der Waals surface area contributed by atoms with Crippen molar-refractivity contribution in [3.63, 3.8) is 0 Å². The molecule has 0 aliphatic rings. The third-order valence-electron chi connectivity index (χ3n) is 4.99. The molecule has 0 aliphatic carbocycles. The molecule has 0 nitrogen and oxygen atoms in total. The van der Waals surface area contributed by atoms with Crippen LogP contribution in [0.4, 0.5) is 0 Å². The molecule has 154 valence electrons. The third kappa shape index (κ3) is 24.3. The Morgan fingerprint density at radius 3 is 1.46 bits per heavy atom. The predicted molar refractivity (Wildman–Crippen MR) is 131 cm³/mol. The molecule has 0 bridgehead atoms.